The van der Waals surface area contributed by atoms with E-state index in [4.69, 9.17) is 0 Å². The van der Waals surface area contributed by atoms with Crippen LogP contribution in [-0.4, -0.2) is 45.4 Å². The molecule has 0 aliphatic heterocycles. The Balaban J connectivity index is 1.20. The molecule has 11 atom stereocenters. The first-order chi connectivity index (χ1) is 18.5. The third kappa shape index (κ3) is 5.40. The molecule has 39 heavy (non-hydrogen) atoms. The number of aliphatic hydroxyl groups excluding tert-OH is 2. The molecule has 1 amide bonds. The zero-order valence-electron chi connectivity index (χ0n) is 24.0. The standard InChI is InChI=1S/C33H49NO5/c1-20(9-12-29(37)34-27(31(38)39)17-21-7-5-4-6-8-21)24-10-11-25-30-26(14-16-33(24,25)3)32(2)15-13-23(35)18-22(32)19-28(30)36/h4-8,20,22-28,30,35-36H,9-19H2,1-3H3,(H,34,37)(H,38,39). The molecule has 4 aliphatic rings. The van der Waals surface area contributed by atoms with Gasteiger partial charge in [0.25, 0.3) is 0 Å². The summed E-state index contributed by atoms with van der Waals surface area (Å²) in [5.41, 5.74) is 1.30. The van der Waals surface area contributed by atoms with Crippen molar-refractivity contribution < 1.29 is 24.9 Å². The minimum Gasteiger partial charge on any atom is -0.480 e. The van der Waals surface area contributed by atoms with E-state index in [9.17, 15) is 24.9 Å². The van der Waals surface area contributed by atoms with E-state index in [1.54, 1.807) is 0 Å². The number of carbonyl (C=O) groups is 2. The van der Waals surface area contributed by atoms with Crippen LogP contribution in [0.3, 0.4) is 0 Å². The van der Waals surface area contributed by atoms with Gasteiger partial charge in [-0.25, -0.2) is 4.79 Å². The second-order valence-corrected chi connectivity index (χ2v) is 14.1. The zero-order valence-corrected chi connectivity index (χ0v) is 24.0. The molecule has 216 valence electrons. The van der Waals surface area contributed by atoms with E-state index in [0.29, 0.717) is 41.9 Å². The van der Waals surface area contributed by atoms with Crippen LogP contribution in [0.4, 0.5) is 0 Å². The van der Waals surface area contributed by atoms with Gasteiger partial charge in [-0.15, -0.1) is 0 Å². The molecule has 4 fully saturated rings. The molecule has 4 saturated carbocycles. The summed E-state index contributed by atoms with van der Waals surface area (Å²) in [5.74, 6) is 1.51. The van der Waals surface area contributed by atoms with Gasteiger partial charge in [0, 0.05) is 12.8 Å². The third-order valence-corrected chi connectivity index (χ3v) is 12.2. The molecule has 11 unspecified atom stereocenters. The average molecular weight is 540 g/mol. The van der Waals surface area contributed by atoms with Gasteiger partial charge in [-0.2, -0.15) is 0 Å². The average Bonchev–Trinajstić information content (AvgIpc) is 3.25. The van der Waals surface area contributed by atoms with Gasteiger partial charge < -0.3 is 20.6 Å². The van der Waals surface area contributed by atoms with Crippen molar-refractivity contribution >= 4 is 11.9 Å². The Bertz CT molecular complexity index is 1030. The molecule has 4 N–H and O–H groups in total. The predicted octanol–water partition coefficient (Wildman–Crippen LogP) is 5.21. The van der Waals surface area contributed by atoms with Crippen LogP contribution in [0.1, 0.15) is 90.5 Å². The van der Waals surface area contributed by atoms with Crippen LogP contribution in [0.2, 0.25) is 0 Å². The lowest BCUT2D eigenvalue weighted by atomic mass is 9.43. The summed E-state index contributed by atoms with van der Waals surface area (Å²) in [6, 6.07) is 8.51. The molecular formula is C33H49NO5. The van der Waals surface area contributed by atoms with Gasteiger partial charge in [-0.1, -0.05) is 51.1 Å². The molecule has 6 heteroatoms. The second kappa shape index (κ2) is 11.2. The normalized spacial score (nSPS) is 41.0. The van der Waals surface area contributed by atoms with E-state index in [1.807, 2.05) is 30.3 Å². The Morgan fingerprint density at radius 2 is 1.67 bits per heavy atom. The lowest BCUT2D eigenvalue weighted by Crippen LogP contribution is -2.58. The van der Waals surface area contributed by atoms with Crippen LogP contribution in [0, 0.1) is 46.3 Å². The van der Waals surface area contributed by atoms with Crippen LogP contribution in [0.5, 0.6) is 0 Å². The van der Waals surface area contributed by atoms with Gasteiger partial charge in [0.2, 0.25) is 5.91 Å². The SMILES string of the molecule is CC(CCC(=O)NC(Cc1ccccc1)C(=O)O)C1CCC2C3C(O)CC4CC(O)CCC4(C)C3CCC12C. The van der Waals surface area contributed by atoms with Gasteiger partial charge in [-0.05, 0) is 110 Å². The summed E-state index contributed by atoms with van der Waals surface area (Å²) in [6.07, 6.45) is 9.15. The van der Waals surface area contributed by atoms with Gasteiger partial charge in [0.05, 0.1) is 12.2 Å². The summed E-state index contributed by atoms with van der Waals surface area (Å²) in [5, 5.41) is 34.2. The fraction of sp³-hybridized carbons (Fsp3) is 0.758. The zero-order chi connectivity index (χ0) is 27.9. The number of nitrogens with one attached hydrogen (secondary N) is 1. The minimum absolute atomic E-state index is 0.173. The summed E-state index contributed by atoms with van der Waals surface area (Å²) in [7, 11) is 0. The molecular weight excluding hydrogens is 490 g/mol. The maximum atomic E-state index is 12.8. The van der Waals surface area contributed by atoms with E-state index < -0.39 is 12.0 Å². The molecule has 1 aromatic rings. The number of fused-ring (bicyclic) bond motifs is 5. The Hall–Kier alpha value is -1.92. The van der Waals surface area contributed by atoms with Crippen LogP contribution >= 0.6 is 0 Å². The number of hydrogen-bond acceptors (Lipinski definition) is 4. The first kappa shape index (κ1) is 28.6. The van der Waals surface area contributed by atoms with Crippen molar-refractivity contribution in [2.24, 2.45) is 46.3 Å². The molecule has 0 radical (unpaired) electrons. The van der Waals surface area contributed by atoms with E-state index >= 15 is 0 Å². The first-order valence-corrected chi connectivity index (χ1v) is 15.4. The molecule has 4 aliphatic carbocycles. The maximum Gasteiger partial charge on any atom is 0.326 e. The van der Waals surface area contributed by atoms with Gasteiger partial charge in [0.1, 0.15) is 6.04 Å². The molecule has 6 nitrogen and oxygen atoms in total. The maximum absolute atomic E-state index is 12.8. The number of benzene rings is 1. The number of carboxylic acid groups (broad SMARTS) is 1. The summed E-state index contributed by atoms with van der Waals surface area (Å²) in [6.45, 7) is 7.17. The Kier molecular flexibility index (Phi) is 8.18. The highest BCUT2D eigenvalue weighted by molar-refractivity contribution is 5.83. The van der Waals surface area contributed by atoms with E-state index in [-0.39, 0.29) is 35.4 Å². The number of hydrogen-bond donors (Lipinski definition) is 4. The Labute approximate surface area is 234 Å². The molecule has 0 aromatic heterocycles. The number of carboxylic acids is 1. The molecule has 0 spiro atoms. The van der Waals surface area contributed by atoms with Crippen molar-refractivity contribution in [3.8, 4) is 0 Å². The Morgan fingerprint density at radius 1 is 0.974 bits per heavy atom. The quantitative estimate of drug-likeness (QED) is 0.363. The van der Waals surface area contributed by atoms with Crippen LogP contribution < -0.4 is 5.32 Å². The number of rotatable bonds is 8. The number of aliphatic hydroxyl groups is 2. The van der Waals surface area contributed by atoms with Crippen molar-refractivity contribution in [1.29, 1.82) is 0 Å². The van der Waals surface area contributed by atoms with E-state index in [1.165, 1.54) is 6.42 Å². The van der Waals surface area contributed by atoms with E-state index in [2.05, 4.69) is 26.1 Å². The smallest absolute Gasteiger partial charge is 0.326 e. The van der Waals surface area contributed by atoms with Gasteiger partial charge in [-0.3, -0.25) is 4.79 Å². The highest BCUT2D eigenvalue weighted by Crippen LogP contribution is 2.68. The minimum atomic E-state index is -1.00. The largest absolute Gasteiger partial charge is 0.480 e. The Morgan fingerprint density at radius 3 is 2.38 bits per heavy atom. The van der Waals surface area contributed by atoms with Gasteiger partial charge in [0.15, 0.2) is 0 Å². The van der Waals surface area contributed by atoms with Crippen molar-refractivity contribution in [3.63, 3.8) is 0 Å². The van der Waals surface area contributed by atoms with Crippen molar-refractivity contribution in [2.75, 3.05) is 0 Å². The van der Waals surface area contributed by atoms with Crippen molar-refractivity contribution in [1.82, 2.24) is 5.32 Å². The first-order valence-electron chi connectivity index (χ1n) is 15.4. The van der Waals surface area contributed by atoms with Gasteiger partial charge >= 0.3 is 5.97 Å². The third-order valence-electron chi connectivity index (χ3n) is 12.2. The van der Waals surface area contributed by atoms with Crippen molar-refractivity contribution in [3.05, 3.63) is 35.9 Å². The lowest BCUT2D eigenvalue weighted by Gasteiger charge is -2.62. The number of amides is 1. The lowest BCUT2D eigenvalue weighted by molar-refractivity contribution is -0.174. The van der Waals surface area contributed by atoms with Crippen LogP contribution in [0.25, 0.3) is 0 Å². The monoisotopic (exact) mass is 539 g/mol. The second-order valence-electron chi connectivity index (χ2n) is 14.1. The molecule has 0 bridgehead atoms. The van der Waals surface area contributed by atoms with Crippen molar-refractivity contribution in [2.45, 2.75) is 110 Å². The summed E-state index contributed by atoms with van der Waals surface area (Å²) >= 11 is 0. The number of carbonyl (C=O) groups excluding carboxylic acids is 1. The highest BCUT2D eigenvalue weighted by Gasteiger charge is 2.62. The highest BCUT2D eigenvalue weighted by atomic mass is 16.4. The van der Waals surface area contributed by atoms with E-state index in [0.717, 1.165) is 56.9 Å². The molecule has 0 heterocycles. The fourth-order valence-electron chi connectivity index (χ4n) is 10.1. The molecule has 0 saturated heterocycles. The molecule has 5 rings (SSSR count). The topological polar surface area (TPSA) is 107 Å². The predicted molar refractivity (Wildman–Crippen MR) is 151 cm³/mol. The summed E-state index contributed by atoms with van der Waals surface area (Å²) < 4.78 is 0. The fourth-order valence-corrected chi connectivity index (χ4v) is 10.1. The number of aliphatic carboxylic acids is 1. The van der Waals surface area contributed by atoms with Crippen LogP contribution in [0.15, 0.2) is 30.3 Å². The molecule has 1 aromatic carbocycles. The van der Waals surface area contributed by atoms with Crippen LogP contribution in [-0.2, 0) is 16.0 Å². The summed E-state index contributed by atoms with van der Waals surface area (Å²) in [4.78, 5) is 24.6.